The Balaban J connectivity index is 1.90. The van der Waals surface area contributed by atoms with Crippen LogP contribution in [0.1, 0.15) is 43.0 Å². The third-order valence-electron chi connectivity index (χ3n) is 6.04. The van der Waals surface area contributed by atoms with Crippen LogP contribution in [-0.2, 0) is 28.0 Å². The predicted octanol–water partition coefficient (Wildman–Crippen LogP) is 5.06. The maximum atomic E-state index is 13.6. The van der Waals surface area contributed by atoms with E-state index >= 15 is 0 Å². The molecule has 0 fully saturated rings. The molecule has 35 heavy (non-hydrogen) atoms. The molecule has 3 aromatic rings. The Hall–Kier alpha value is -3.60. The monoisotopic (exact) mass is 472 g/mol. The van der Waals surface area contributed by atoms with Gasteiger partial charge in [0.25, 0.3) is 5.91 Å². The minimum absolute atomic E-state index is 0.126. The van der Waals surface area contributed by atoms with Crippen molar-refractivity contribution >= 4 is 11.8 Å². The molecule has 184 valence electrons. The van der Waals surface area contributed by atoms with Gasteiger partial charge in [-0.15, -0.1) is 0 Å². The number of benzene rings is 3. The van der Waals surface area contributed by atoms with E-state index in [0.717, 1.165) is 22.3 Å². The lowest BCUT2D eigenvalue weighted by Gasteiger charge is -2.31. The van der Waals surface area contributed by atoms with E-state index < -0.39 is 6.04 Å². The molecular formula is C30H36N2O3. The van der Waals surface area contributed by atoms with Gasteiger partial charge in [0.15, 0.2) is 6.61 Å². The summed E-state index contributed by atoms with van der Waals surface area (Å²) >= 11 is 0. The highest BCUT2D eigenvalue weighted by Gasteiger charge is 2.30. The highest BCUT2D eigenvalue weighted by Crippen LogP contribution is 2.31. The van der Waals surface area contributed by atoms with Crippen LogP contribution in [0.25, 0.3) is 0 Å². The molecule has 0 spiro atoms. The lowest BCUT2D eigenvalue weighted by atomic mass is 9.86. The van der Waals surface area contributed by atoms with Crippen molar-refractivity contribution in [3.8, 4) is 5.75 Å². The van der Waals surface area contributed by atoms with E-state index in [1.54, 1.807) is 11.9 Å². The van der Waals surface area contributed by atoms with Crippen LogP contribution >= 0.6 is 0 Å². The van der Waals surface area contributed by atoms with E-state index in [4.69, 9.17) is 4.74 Å². The van der Waals surface area contributed by atoms with Gasteiger partial charge in [-0.3, -0.25) is 9.59 Å². The van der Waals surface area contributed by atoms with Crippen LogP contribution in [0.4, 0.5) is 0 Å². The summed E-state index contributed by atoms with van der Waals surface area (Å²) in [4.78, 5) is 28.3. The van der Waals surface area contributed by atoms with Crippen molar-refractivity contribution in [1.82, 2.24) is 10.2 Å². The van der Waals surface area contributed by atoms with E-state index in [1.165, 1.54) is 0 Å². The molecule has 0 bridgehead atoms. The molecule has 5 nitrogen and oxygen atoms in total. The topological polar surface area (TPSA) is 58.6 Å². The number of rotatable bonds is 9. The van der Waals surface area contributed by atoms with Gasteiger partial charge in [-0.25, -0.2) is 0 Å². The van der Waals surface area contributed by atoms with Gasteiger partial charge in [-0.2, -0.15) is 0 Å². The fourth-order valence-electron chi connectivity index (χ4n) is 4.05. The average Bonchev–Trinajstić information content (AvgIpc) is 2.85. The Kier molecular flexibility index (Phi) is 8.69. The molecular weight excluding hydrogens is 436 g/mol. The first-order chi connectivity index (χ1) is 16.7. The second-order valence-corrected chi connectivity index (χ2v) is 9.86. The first-order valence-electron chi connectivity index (χ1n) is 12.0. The number of likely N-dealkylation sites (N-methyl/N-ethyl adjacent to an activating group) is 1. The van der Waals surface area contributed by atoms with Gasteiger partial charge in [0.05, 0.1) is 0 Å². The smallest absolute Gasteiger partial charge is 0.261 e. The van der Waals surface area contributed by atoms with Gasteiger partial charge in [-0.05, 0) is 35.1 Å². The van der Waals surface area contributed by atoms with Crippen LogP contribution in [0.3, 0.4) is 0 Å². The number of nitrogens with one attached hydrogen (secondary N) is 1. The SMILES string of the molecule is CNC(=O)C(Cc1ccccc1)N(Cc1ccc(C)cc1)C(=O)COc1ccccc1C(C)(C)C. The highest BCUT2D eigenvalue weighted by atomic mass is 16.5. The minimum atomic E-state index is -0.669. The van der Waals surface area contributed by atoms with Gasteiger partial charge in [0, 0.05) is 20.0 Å². The largest absolute Gasteiger partial charge is 0.483 e. The standard InChI is InChI=1S/C30H36N2O3/c1-22-15-17-24(18-16-22)20-32(26(29(34)31-5)19-23-11-7-6-8-12-23)28(33)21-35-27-14-10-9-13-25(27)30(2,3)4/h6-18,26H,19-21H2,1-5H3,(H,31,34). The summed E-state index contributed by atoms with van der Waals surface area (Å²) in [6.45, 7) is 8.53. The number of hydrogen-bond donors (Lipinski definition) is 1. The Morgan fingerprint density at radius 1 is 0.886 bits per heavy atom. The second-order valence-electron chi connectivity index (χ2n) is 9.86. The normalized spacial score (nSPS) is 12.0. The zero-order valence-electron chi connectivity index (χ0n) is 21.4. The first-order valence-corrected chi connectivity index (χ1v) is 12.0. The third kappa shape index (κ3) is 7.19. The summed E-state index contributed by atoms with van der Waals surface area (Å²) in [6, 6.07) is 24.9. The van der Waals surface area contributed by atoms with Gasteiger partial charge < -0.3 is 15.0 Å². The Morgan fingerprint density at radius 2 is 1.51 bits per heavy atom. The van der Waals surface area contributed by atoms with Crippen LogP contribution in [-0.4, -0.2) is 36.4 Å². The summed E-state index contributed by atoms with van der Waals surface area (Å²) < 4.78 is 6.05. The van der Waals surface area contributed by atoms with Crippen LogP contribution in [0.2, 0.25) is 0 Å². The number of para-hydroxylation sites is 1. The van der Waals surface area contributed by atoms with Crippen LogP contribution in [0, 0.1) is 6.92 Å². The van der Waals surface area contributed by atoms with Crippen molar-refractivity contribution in [2.45, 2.75) is 52.1 Å². The summed E-state index contributed by atoms with van der Waals surface area (Å²) in [6.07, 6.45) is 0.413. The van der Waals surface area contributed by atoms with E-state index in [2.05, 4.69) is 26.1 Å². The molecule has 0 heterocycles. The van der Waals surface area contributed by atoms with Crippen molar-refractivity contribution in [3.63, 3.8) is 0 Å². The molecule has 5 heteroatoms. The number of aryl methyl sites for hydroxylation is 1. The summed E-state index contributed by atoms with van der Waals surface area (Å²) in [5.74, 6) is 0.242. The van der Waals surface area contributed by atoms with E-state index in [-0.39, 0.29) is 23.8 Å². The third-order valence-corrected chi connectivity index (χ3v) is 6.04. The number of hydrogen-bond acceptors (Lipinski definition) is 3. The van der Waals surface area contributed by atoms with Gasteiger partial charge in [-0.1, -0.05) is 99.1 Å². The maximum absolute atomic E-state index is 13.6. The molecule has 0 saturated carbocycles. The fourth-order valence-corrected chi connectivity index (χ4v) is 4.05. The van der Waals surface area contributed by atoms with Gasteiger partial charge in [0.1, 0.15) is 11.8 Å². The van der Waals surface area contributed by atoms with E-state index in [1.807, 2.05) is 85.8 Å². The lowest BCUT2D eigenvalue weighted by Crippen LogP contribution is -2.51. The Bertz CT molecular complexity index is 1120. The maximum Gasteiger partial charge on any atom is 0.261 e. The zero-order chi connectivity index (χ0) is 25.4. The Morgan fingerprint density at radius 3 is 2.14 bits per heavy atom. The summed E-state index contributed by atoms with van der Waals surface area (Å²) in [7, 11) is 1.60. The molecule has 1 atom stereocenters. The van der Waals surface area contributed by atoms with Crippen LogP contribution in [0.5, 0.6) is 5.75 Å². The Labute approximate surface area is 209 Å². The zero-order valence-corrected chi connectivity index (χ0v) is 21.4. The first kappa shape index (κ1) is 26.0. The molecule has 0 radical (unpaired) electrons. The molecule has 0 aliphatic carbocycles. The molecule has 2 amide bonds. The number of ether oxygens (including phenoxy) is 1. The minimum Gasteiger partial charge on any atom is -0.483 e. The fraction of sp³-hybridized carbons (Fsp3) is 0.333. The van der Waals surface area contributed by atoms with Crippen LogP contribution < -0.4 is 10.1 Å². The number of nitrogens with zero attached hydrogens (tertiary/aromatic N) is 1. The second kappa shape index (κ2) is 11.7. The average molecular weight is 473 g/mol. The van der Waals surface area contributed by atoms with Crippen LogP contribution in [0.15, 0.2) is 78.9 Å². The van der Waals surface area contributed by atoms with Crippen molar-refractivity contribution < 1.29 is 14.3 Å². The number of carbonyl (C=O) groups is 2. The van der Waals surface area contributed by atoms with Crippen molar-refractivity contribution in [2.24, 2.45) is 0 Å². The van der Waals surface area contributed by atoms with Gasteiger partial charge >= 0.3 is 0 Å². The molecule has 1 N–H and O–H groups in total. The lowest BCUT2D eigenvalue weighted by molar-refractivity contribution is -0.142. The molecule has 0 saturated heterocycles. The molecule has 0 aromatic heterocycles. The number of amides is 2. The molecule has 1 unspecified atom stereocenters. The van der Waals surface area contributed by atoms with Gasteiger partial charge in [0.2, 0.25) is 5.91 Å². The predicted molar refractivity (Wildman–Crippen MR) is 140 cm³/mol. The van der Waals surface area contributed by atoms with Crippen molar-refractivity contribution in [1.29, 1.82) is 0 Å². The van der Waals surface area contributed by atoms with E-state index in [0.29, 0.717) is 18.7 Å². The number of carbonyl (C=O) groups excluding carboxylic acids is 2. The van der Waals surface area contributed by atoms with Crippen molar-refractivity contribution in [2.75, 3.05) is 13.7 Å². The molecule has 3 aromatic carbocycles. The summed E-state index contributed by atoms with van der Waals surface area (Å²) in [5, 5.41) is 2.74. The molecule has 0 aliphatic rings. The molecule has 0 aliphatic heterocycles. The molecule has 3 rings (SSSR count). The van der Waals surface area contributed by atoms with Crippen molar-refractivity contribution in [3.05, 3.63) is 101 Å². The van der Waals surface area contributed by atoms with E-state index in [9.17, 15) is 9.59 Å². The summed E-state index contributed by atoms with van der Waals surface area (Å²) in [5.41, 5.74) is 3.99. The quantitative estimate of drug-likeness (QED) is 0.474. The highest BCUT2D eigenvalue weighted by molar-refractivity contribution is 5.88.